The van der Waals surface area contributed by atoms with Gasteiger partial charge in [0, 0.05) is 12.1 Å². The quantitative estimate of drug-likeness (QED) is 0.857. The van der Waals surface area contributed by atoms with Crippen LogP contribution in [0.4, 0.5) is 13.2 Å². The van der Waals surface area contributed by atoms with Gasteiger partial charge in [-0.2, -0.15) is 13.2 Å². The third-order valence-corrected chi connectivity index (χ3v) is 2.69. The first kappa shape index (κ1) is 15.2. The van der Waals surface area contributed by atoms with Crippen molar-refractivity contribution in [3.8, 4) is 0 Å². The summed E-state index contributed by atoms with van der Waals surface area (Å²) < 4.78 is 36.2. The maximum Gasteiger partial charge on any atom is 0.471 e. The third-order valence-electron chi connectivity index (χ3n) is 2.69. The zero-order valence-corrected chi connectivity index (χ0v) is 10.6. The molecule has 3 nitrogen and oxygen atoms in total. The van der Waals surface area contributed by atoms with Gasteiger partial charge in [-0.3, -0.25) is 9.59 Å². The number of hydrogen-bond donors (Lipinski definition) is 1. The lowest BCUT2D eigenvalue weighted by Gasteiger charge is -2.12. The van der Waals surface area contributed by atoms with Crippen LogP contribution in [0.25, 0.3) is 0 Å². The van der Waals surface area contributed by atoms with Crippen molar-refractivity contribution in [2.75, 3.05) is 0 Å². The molecule has 0 atom stereocenters. The Kier molecular flexibility index (Phi) is 4.69. The Bertz CT molecular complexity index is 495. The van der Waals surface area contributed by atoms with Gasteiger partial charge in [-0.1, -0.05) is 19.1 Å². The molecule has 1 N–H and O–H groups in total. The third kappa shape index (κ3) is 4.08. The fourth-order valence-electron chi connectivity index (χ4n) is 1.63. The average Bonchev–Trinajstić information content (AvgIpc) is 2.34. The number of carbonyl (C=O) groups is 2. The number of halogens is 3. The molecule has 0 aliphatic heterocycles. The number of rotatable bonds is 4. The largest absolute Gasteiger partial charge is 0.471 e. The monoisotopic (exact) mass is 273 g/mol. The van der Waals surface area contributed by atoms with Gasteiger partial charge >= 0.3 is 12.1 Å². The Hall–Kier alpha value is -1.85. The summed E-state index contributed by atoms with van der Waals surface area (Å²) >= 11 is 0. The highest BCUT2D eigenvalue weighted by atomic mass is 19.4. The van der Waals surface area contributed by atoms with Crippen LogP contribution in [-0.2, 0) is 17.8 Å². The summed E-state index contributed by atoms with van der Waals surface area (Å²) in [6.07, 6.45) is -4.29. The van der Waals surface area contributed by atoms with Gasteiger partial charge in [0.25, 0.3) is 0 Å². The Labute approximate surface area is 108 Å². The van der Waals surface area contributed by atoms with E-state index in [2.05, 4.69) is 0 Å². The van der Waals surface area contributed by atoms with Crippen molar-refractivity contribution < 1.29 is 22.8 Å². The lowest BCUT2D eigenvalue weighted by molar-refractivity contribution is -0.173. The zero-order chi connectivity index (χ0) is 14.6. The van der Waals surface area contributed by atoms with E-state index in [4.69, 9.17) is 0 Å². The van der Waals surface area contributed by atoms with Crippen LogP contribution in [0.5, 0.6) is 0 Å². The number of hydrogen-bond acceptors (Lipinski definition) is 2. The predicted molar refractivity (Wildman–Crippen MR) is 63.7 cm³/mol. The van der Waals surface area contributed by atoms with Crippen LogP contribution in [0.2, 0.25) is 0 Å². The molecule has 6 heteroatoms. The van der Waals surface area contributed by atoms with Crippen LogP contribution >= 0.6 is 0 Å². The number of nitrogens with one attached hydrogen (secondary N) is 1. The van der Waals surface area contributed by atoms with Crippen LogP contribution in [0.1, 0.15) is 35.3 Å². The van der Waals surface area contributed by atoms with Gasteiger partial charge in [-0.25, -0.2) is 0 Å². The zero-order valence-electron chi connectivity index (χ0n) is 10.6. The minimum absolute atomic E-state index is 0.175. The van der Waals surface area contributed by atoms with Gasteiger partial charge in [-0.15, -0.1) is 0 Å². The highest BCUT2D eigenvalue weighted by Crippen LogP contribution is 2.17. The van der Waals surface area contributed by atoms with Gasteiger partial charge in [-0.05, 0) is 30.5 Å². The van der Waals surface area contributed by atoms with E-state index in [1.807, 2.05) is 6.92 Å². The first-order valence-electron chi connectivity index (χ1n) is 5.73. The second kappa shape index (κ2) is 5.86. The molecule has 0 bridgehead atoms. The van der Waals surface area contributed by atoms with Crippen molar-refractivity contribution in [2.45, 2.75) is 33.0 Å². The second-order valence-corrected chi connectivity index (χ2v) is 4.07. The number of amides is 1. The van der Waals surface area contributed by atoms with Crippen molar-refractivity contribution >= 4 is 11.7 Å². The molecule has 19 heavy (non-hydrogen) atoms. The highest BCUT2D eigenvalue weighted by molar-refractivity contribution is 5.94. The minimum Gasteiger partial charge on any atom is -0.344 e. The van der Waals surface area contributed by atoms with E-state index >= 15 is 0 Å². The first-order chi connectivity index (χ1) is 8.75. The molecular weight excluding hydrogens is 259 g/mol. The Balaban J connectivity index is 2.90. The molecule has 104 valence electrons. The maximum atomic E-state index is 12.1. The summed E-state index contributed by atoms with van der Waals surface area (Å²) in [6.45, 7) is 2.97. The number of carbonyl (C=O) groups excluding carboxylic acids is 2. The van der Waals surface area contributed by atoms with Crippen molar-refractivity contribution in [1.29, 1.82) is 0 Å². The predicted octanol–water partition coefficient (Wildman–Crippen LogP) is 2.63. The van der Waals surface area contributed by atoms with Gasteiger partial charge in [0.05, 0.1) is 0 Å². The van der Waals surface area contributed by atoms with Crippen molar-refractivity contribution in [3.63, 3.8) is 0 Å². The molecule has 0 saturated carbocycles. The molecule has 0 aromatic heterocycles. The molecule has 1 amide bonds. The molecule has 0 aliphatic rings. The van der Waals surface area contributed by atoms with Crippen LogP contribution in [0.15, 0.2) is 18.2 Å². The highest BCUT2D eigenvalue weighted by Gasteiger charge is 2.38. The molecule has 0 aliphatic carbocycles. The molecule has 1 aromatic rings. The Morgan fingerprint density at radius 2 is 1.84 bits per heavy atom. The smallest absolute Gasteiger partial charge is 0.344 e. The summed E-state index contributed by atoms with van der Waals surface area (Å²) in [7, 11) is 0. The van der Waals surface area contributed by atoms with E-state index in [-0.39, 0.29) is 12.3 Å². The van der Waals surface area contributed by atoms with Crippen LogP contribution in [0.3, 0.4) is 0 Å². The molecule has 0 saturated heterocycles. The second-order valence-electron chi connectivity index (χ2n) is 4.07. The molecular formula is C13H14F3NO2. The molecule has 0 fully saturated rings. The van der Waals surface area contributed by atoms with Crippen molar-refractivity contribution in [3.05, 3.63) is 34.9 Å². The number of ketones is 1. The van der Waals surface area contributed by atoms with E-state index < -0.39 is 12.1 Å². The summed E-state index contributed by atoms with van der Waals surface area (Å²) in [4.78, 5) is 22.0. The SMILES string of the molecule is CCc1ccc(C(C)=O)cc1CNC(=O)C(F)(F)F. The molecule has 1 aromatic carbocycles. The fourth-order valence-corrected chi connectivity index (χ4v) is 1.63. The molecule has 0 spiro atoms. The van der Waals surface area contributed by atoms with E-state index in [0.717, 1.165) is 5.56 Å². The van der Waals surface area contributed by atoms with Crippen LogP contribution < -0.4 is 5.32 Å². The van der Waals surface area contributed by atoms with Crippen LogP contribution in [0, 0.1) is 0 Å². The summed E-state index contributed by atoms with van der Waals surface area (Å²) in [5.74, 6) is -2.16. The lowest BCUT2D eigenvalue weighted by atomic mass is 10.0. The standard InChI is InChI=1S/C13H14F3NO2/c1-3-9-4-5-10(8(2)18)6-11(9)7-17-12(19)13(14,15)16/h4-6H,3,7H2,1-2H3,(H,17,19). The van der Waals surface area contributed by atoms with Crippen molar-refractivity contribution in [2.24, 2.45) is 0 Å². The molecule has 0 heterocycles. The minimum atomic E-state index is -4.90. The average molecular weight is 273 g/mol. The molecule has 1 rings (SSSR count). The Morgan fingerprint density at radius 1 is 1.21 bits per heavy atom. The Morgan fingerprint density at radius 3 is 2.32 bits per heavy atom. The topological polar surface area (TPSA) is 46.2 Å². The molecule has 0 unspecified atom stereocenters. The van der Waals surface area contributed by atoms with Gasteiger partial charge < -0.3 is 5.32 Å². The van der Waals surface area contributed by atoms with E-state index in [0.29, 0.717) is 17.5 Å². The summed E-state index contributed by atoms with van der Waals surface area (Å²) in [6, 6.07) is 4.82. The summed E-state index contributed by atoms with van der Waals surface area (Å²) in [5, 5.41) is 1.80. The van der Waals surface area contributed by atoms with E-state index in [1.54, 1.807) is 17.4 Å². The fraction of sp³-hybridized carbons (Fsp3) is 0.385. The maximum absolute atomic E-state index is 12.1. The first-order valence-corrected chi connectivity index (χ1v) is 5.73. The van der Waals surface area contributed by atoms with E-state index in [9.17, 15) is 22.8 Å². The number of aryl methyl sites for hydroxylation is 1. The normalized spacial score (nSPS) is 11.2. The molecule has 0 radical (unpaired) electrons. The van der Waals surface area contributed by atoms with Gasteiger partial charge in [0.15, 0.2) is 5.78 Å². The van der Waals surface area contributed by atoms with Gasteiger partial charge in [0.1, 0.15) is 0 Å². The van der Waals surface area contributed by atoms with Crippen molar-refractivity contribution in [1.82, 2.24) is 5.32 Å². The number of alkyl halides is 3. The van der Waals surface area contributed by atoms with E-state index in [1.165, 1.54) is 13.0 Å². The lowest BCUT2D eigenvalue weighted by Crippen LogP contribution is -2.36. The van der Waals surface area contributed by atoms with Crippen LogP contribution in [-0.4, -0.2) is 17.9 Å². The van der Waals surface area contributed by atoms with Gasteiger partial charge in [0.2, 0.25) is 0 Å². The number of Topliss-reactive ketones (excluding diaryl/α,β-unsaturated/α-hetero) is 1. The summed E-state index contributed by atoms with van der Waals surface area (Å²) in [5.41, 5.74) is 1.73. The number of benzene rings is 1.